The minimum Gasteiger partial charge on any atom is -0.360 e. The van der Waals surface area contributed by atoms with Crippen LogP contribution in [0.5, 0.6) is 0 Å². The van der Waals surface area contributed by atoms with Gasteiger partial charge >= 0.3 is 0 Å². The number of hydrogen-bond donors (Lipinski definition) is 1. The summed E-state index contributed by atoms with van der Waals surface area (Å²) in [5, 5.41) is 2.96. The quantitative estimate of drug-likeness (QED) is 0.385. The van der Waals surface area contributed by atoms with Crippen molar-refractivity contribution in [2.75, 3.05) is 16.3 Å². The third-order valence-corrected chi connectivity index (χ3v) is 7.26. The van der Waals surface area contributed by atoms with Crippen molar-refractivity contribution < 1.29 is 14.0 Å². The van der Waals surface area contributed by atoms with Crippen LogP contribution in [-0.2, 0) is 11.2 Å². The highest BCUT2D eigenvalue weighted by atomic mass is 32.1. The molecule has 186 valence electrons. The first-order valence-electron chi connectivity index (χ1n) is 11.9. The maximum atomic E-state index is 15.2. The summed E-state index contributed by atoms with van der Waals surface area (Å²) in [6, 6.07) is 9.73. The zero-order valence-electron chi connectivity index (χ0n) is 20.1. The van der Waals surface area contributed by atoms with Gasteiger partial charge in [-0.3, -0.25) is 19.5 Å². The highest BCUT2D eigenvalue weighted by Gasteiger charge is 2.59. The molecule has 3 aromatic rings. The molecular weight excluding hydrogens is 491 g/mol. The summed E-state index contributed by atoms with van der Waals surface area (Å²) in [5.74, 6) is -1.15. The first kappa shape index (κ1) is 24.5. The van der Waals surface area contributed by atoms with Crippen molar-refractivity contribution in [3.05, 3.63) is 88.9 Å². The number of hydrogen-bond acceptors (Lipinski definition) is 5. The number of thiocarbonyl (C=S) groups is 1. The Kier molecular flexibility index (Phi) is 6.39. The van der Waals surface area contributed by atoms with E-state index < -0.39 is 17.3 Å². The Hall–Kier alpha value is -4.23. The fourth-order valence-electron chi connectivity index (χ4n) is 4.79. The van der Waals surface area contributed by atoms with Crippen molar-refractivity contribution in [2.24, 2.45) is 0 Å². The molecule has 1 aliphatic carbocycles. The molecule has 1 aliphatic heterocycles. The van der Waals surface area contributed by atoms with E-state index in [-0.39, 0.29) is 22.4 Å². The minimum atomic E-state index is -0.899. The number of aryl methyl sites for hydroxylation is 1. The van der Waals surface area contributed by atoms with E-state index in [0.717, 1.165) is 12.0 Å². The Morgan fingerprint density at radius 1 is 1.22 bits per heavy atom. The van der Waals surface area contributed by atoms with Crippen LogP contribution < -0.4 is 15.1 Å². The molecular formula is C27H23FN6O2S. The first-order chi connectivity index (χ1) is 17.9. The monoisotopic (exact) mass is 514 g/mol. The molecule has 1 spiro atoms. The van der Waals surface area contributed by atoms with Crippen LogP contribution in [0.4, 0.5) is 21.6 Å². The number of carbonyl (C=O) groups excluding carboxylic acids is 2. The molecule has 3 heterocycles. The van der Waals surface area contributed by atoms with Gasteiger partial charge in [-0.1, -0.05) is 6.57 Å². The molecule has 8 nitrogen and oxygen atoms in total. The SMILES string of the molecule is [C-]#[N+]c1ncc(N2C(=O)C3(CCC3)N(c3ccc(C(=O)NCCc4ccncc4)c(F)c3)C2=S)cc1C. The van der Waals surface area contributed by atoms with Gasteiger partial charge in [0.05, 0.1) is 11.3 Å². The fraction of sp³-hybridized carbons (Fsp3) is 0.259. The van der Waals surface area contributed by atoms with Gasteiger partial charge in [0.2, 0.25) is 0 Å². The number of amides is 2. The van der Waals surface area contributed by atoms with Gasteiger partial charge in [-0.05, 0) is 92.4 Å². The zero-order chi connectivity index (χ0) is 26.2. The van der Waals surface area contributed by atoms with E-state index in [4.69, 9.17) is 18.8 Å². The van der Waals surface area contributed by atoms with Gasteiger partial charge < -0.3 is 15.1 Å². The van der Waals surface area contributed by atoms with Crippen molar-refractivity contribution in [3.63, 3.8) is 0 Å². The third kappa shape index (κ3) is 4.21. The van der Waals surface area contributed by atoms with Gasteiger partial charge in [-0.25, -0.2) is 4.39 Å². The summed E-state index contributed by atoms with van der Waals surface area (Å²) >= 11 is 5.72. The summed E-state index contributed by atoms with van der Waals surface area (Å²) in [4.78, 5) is 40.8. The van der Waals surface area contributed by atoms with Gasteiger partial charge in [0.25, 0.3) is 17.6 Å². The molecule has 2 aliphatic rings. The molecule has 0 bridgehead atoms. The summed E-state index contributed by atoms with van der Waals surface area (Å²) < 4.78 is 15.2. The molecule has 0 atom stereocenters. The van der Waals surface area contributed by atoms with Crippen LogP contribution in [0, 0.1) is 19.3 Å². The second-order valence-electron chi connectivity index (χ2n) is 9.12. The van der Waals surface area contributed by atoms with Crippen molar-refractivity contribution in [1.29, 1.82) is 0 Å². The number of rotatable bonds is 6. The standard InChI is InChI=1S/C27H23FN6O2S/c1-17-14-20(16-32-23(17)29-2)33-25(36)27(9-3-10-27)34(26(33)37)19-4-5-21(22(28)15-19)24(35)31-13-8-18-6-11-30-12-7-18/h4-7,11-12,14-16H,3,8-10,13H2,1H3,(H,31,35). The summed E-state index contributed by atoms with van der Waals surface area (Å²) in [5.41, 5.74) is 1.55. The van der Waals surface area contributed by atoms with E-state index >= 15 is 4.39 Å². The van der Waals surface area contributed by atoms with E-state index in [2.05, 4.69) is 20.1 Å². The Labute approximate surface area is 219 Å². The van der Waals surface area contributed by atoms with Gasteiger partial charge in [0.1, 0.15) is 17.6 Å². The Morgan fingerprint density at radius 3 is 2.59 bits per heavy atom. The molecule has 1 N–H and O–H groups in total. The predicted molar refractivity (Wildman–Crippen MR) is 141 cm³/mol. The number of aromatic nitrogens is 2. The van der Waals surface area contributed by atoms with E-state index in [1.165, 1.54) is 23.2 Å². The van der Waals surface area contributed by atoms with Gasteiger partial charge in [-0.2, -0.15) is 0 Å². The molecule has 2 fully saturated rings. The number of anilines is 2. The largest absolute Gasteiger partial charge is 0.360 e. The van der Waals surface area contributed by atoms with Crippen LogP contribution in [0.3, 0.4) is 0 Å². The Bertz CT molecular complexity index is 1450. The molecule has 2 aromatic heterocycles. The molecule has 2 amide bonds. The van der Waals surface area contributed by atoms with E-state index in [1.54, 1.807) is 36.4 Å². The number of pyridine rings is 2. The van der Waals surface area contributed by atoms with Crippen LogP contribution in [-0.4, -0.2) is 39.0 Å². The maximum Gasteiger partial charge on any atom is 0.272 e. The average molecular weight is 515 g/mol. The lowest BCUT2D eigenvalue weighted by Crippen LogP contribution is -2.55. The Balaban J connectivity index is 1.38. The maximum absolute atomic E-state index is 15.2. The van der Waals surface area contributed by atoms with Crippen LogP contribution >= 0.6 is 12.2 Å². The smallest absolute Gasteiger partial charge is 0.272 e. The van der Waals surface area contributed by atoms with Crippen molar-refractivity contribution >= 4 is 46.3 Å². The van der Waals surface area contributed by atoms with Crippen molar-refractivity contribution in [1.82, 2.24) is 15.3 Å². The second kappa shape index (κ2) is 9.67. The summed E-state index contributed by atoms with van der Waals surface area (Å²) in [7, 11) is 0. The fourth-order valence-corrected chi connectivity index (χ4v) is 5.26. The van der Waals surface area contributed by atoms with Crippen LogP contribution in [0.2, 0.25) is 0 Å². The van der Waals surface area contributed by atoms with Gasteiger partial charge in [0.15, 0.2) is 5.11 Å². The minimum absolute atomic E-state index is 0.0796. The molecule has 37 heavy (non-hydrogen) atoms. The molecule has 5 rings (SSSR count). The lowest BCUT2D eigenvalue weighted by molar-refractivity contribution is -0.123. The summed E-state index contributed by atoms with van der Waals surface area (Å²) in [6.45, 7) is 9.32. The Morgan fingerprint density at radius 2 is 1.97 bits per heavy atom. The lowest BCUT2D eigenvalue weighted by atomic mass is 9.75. The normalized spacial score (nSPS) is 16.0. The second-order valence-corrected chi connectivity index (χ2v) is 9.48. The van der Waals surface area contributed by atoms with Crippen LogP contribution in [0.1, 0.15) is 40.7 Å². The van der Waals surface area contributed by atoms with Crippen LogP contribution in [0.25, 0.3) is 4.85 Å². The van der Waals surface area contributed by atoms with Crippen molar-refractivity contribution in [3.8, 4) is 0 Å². The molecule has 10 heteroatoms. The highest BCUT2D eigenvalue weighted by Crippen LogP contribution is 2.48. The number of carbonyl (C=O) groups is 2. The lowest BCUT2D eigenvalue weighted by Gasteiger charge is -2.43. The molecule has 1 saturated carbocycles. The first-order valence-corrected chi connectivity index (χ1v) is 12.3. The van der Waals surface area contributed by atoms with Gasteiger partial charge in [0, 0.05) is 24.6 Å². The molecule has 1 aromatic carbocycles. The topological polar surface area (TPSA) is 82.8 Å². The molecule has 0 unspecified atom stereocenters. The number of halogens is 1. The summed E-state index contributed by atoms with van der Waals surface area (Å²) in [6.07, 6.45) is 7.41. The molecule has 1 saturated heterocycles. The van der Waals surface area contributed by atoms with Gasteiger partial charge in [-0.15, -0.1) is 4.98 Å². The highest BCUT2D eigenvalue weighted by molar-refractivity contribution is 7.81. The van der Waals surface area contributed by atoms with Crippen molar-refractivity contribution in [2.45, 2.75) is 38.1 Å². The van der Waals surface area contributed by atoms with E-state index in [0.29, 0.717) is 42.7 Å². The third-order valence-electron chi connectivity index (χ3n) is 6.90. The van der Waals surface area contributed by atoms with Crippen LogP contribution in [0.15, 0.2) is 55.0 Å². The van der Waals surface area contributed by atoms with E-state index in [1.807, 2.05) is 12.1 Å². The molecule has 0 radical (unpaired) electrons. The average Bonchev–Trinajstić information content (AvgIpc) is 3.11. The van der Waals surface area contributed by atoms with E-state index in [9.17, 15) is 9.59 Å². The number of benzene rings is 1. The zero-order valence-corrected chi connectivity index (χ0v) is 20.9. The number of nitrogens with one attached hydrogen (secondary N) is 1. The predicted octanol–water partition coefficient (Wildman–Crippen LogP) is 4.51. The number of nitrogens with zero attached hydrogens (tertiary/aromatic N) is 5.